The average Bonchev–Trinajstić information content (AvgIpc) is 3.42. The van der Waals surface area contributed by atoms with Gasteiger partial charge >= 0.3 is 0 Å². The van der Waals surface area contributed by atoms with Crippen molar-refractivity contribution in [2.75, 3.05) is 0 Å². The Kier molecular flexibility index (Phi) is 7.63. The second kappa shape index (κ2) is 10.2. The molecule has 6 heteroatoms. The molecule has 0 radical (unpaired) electrons. The van der Waals surface area contributed by atoms with Crippen molar-refractivity contribution in [2.24, 2.45) is 11.7 Å². The maximum atomic E-state index is 13.0. The molecule has 3 rings (SSSR count). The van der Waals surface area contributed by atoms with Crippen molar-refractivity contribution in [3.8, 4) is 0 Å². The summed E-state index contributed by atoms with van der Waals surface area (Å²) in [6, 6.07) is 6.54. The van der Waals surface area contributed by atoms with Crippen LogP contribution in [-0.4, -0.2) is 26.5 Å². The van der Waals surface area contributed by atoms with Gasteiger partial charge in [0.25, 0.3) is 0 Å². The van der Waals surface area contributed by atoms with E-state index < -0.39 is 5.91 Å². The van der Waals surface area contributed by atoms with Crippen LogP contribution in [0.2, 0.25) is 0 Å². The smallest absolute Gasteiger partial charge is 0.218 e. The molecule has 1 saturated carbocycles. The fraction of sp³-hybridized carbons (Fsp3) is 0.600. The Morgan fingerprint density at radius 1 is 1.16 bits per heavy atom. The molecular weight excluding hydrogens is 388 g/mol. The van der Waals surface area contributed by atoms with Crippen molar-refractivity contribution >= 4 is 11.7 Å². The first-order valence-corrected chi connectivity index (χ1v) is 11.5. The van der Waals surface area contributed by atoms with E-state index in [1.54, 1.807) is 0 Å². The Morgan fingerprint density at radius 3 is 2.52 bits per heavy atom. The molecule has 1 unspecified atom stereocenters. The minimum absolute atomic E-state index is 0.102. The quantitative estimate of drug-likeness (QED) is 0.548. The van der Waals surface area contributed by atoms with E-state index in [4.69, 9.17) is 5.73 Å². The summed E-state index contributed by atoms with van der Waals surface area (Å²) >= 11 is 0. The van der Waals surface area contributed by atoms with Crippen molar-refractivity contribution in [1.82, 2.24) is 14.8 Å². The zero-order valence-corrected chi connectivity index (χ0v) is 19.4. The Hall–Kier alpha value is -2.50. The Balaban J connectivity index is 1.77. The number of ketones is 1. The monoisotopic (exact) mass is 424 g/mol. The number of aromatic nitrogens is 3. The Bertz CT molecular complexity index is 928. The summed E-state index contributed by atoms with van der Waals surface area (Å²) in [6.45, 7) is 8.53. The number of carbonyl (C=O) groups excluding carboxylic acids is 2. The summed E-state index contributed by atoms with van der Waals surface area (Å²) in [7, 11) is 0. The lowest BCUT2D eigenvalue weighted by Crippen LogP contribution is -2.21. The third kappa shape index (κ3) is 6.49. The minimum atomic E-state index is -0.406. The summed E-state index contributed by atoms with van der Waals surface area (Å²) < 4.78 is 2.21. The lowest BCUT2D eigenvalue weighted by atomic mass is 9.93. The minimum Gasteiger partial charge on any atom is -0.370 e. The van der Waals surface area contributed by atoms with Crippen molar-refractivity contribution in [3.63, 3.8) is 0 Å². The highest BCUT2D eigenvalue weighted by molar-refractivity contribution is 5.83. The van der Waals surface area contributed by atoms with E-state index in [9.17, 15) is 9.59 Å². The number of nitrogens with two attached hydrogens (primary N) is 1. The Morgan fingerprint density at radius 2 is 1.90 bits per heavy atom. The molecule has 1 aromatic carbocycles. The van der Waals surface area contributed by atoms with Gasteiger partial charge in [0.1, 0.15) is 17.4 Å². The second-order valence-electron chi connectivity index (χ2n) is 9.58. The number of aryl methyl sites for hydroxylation is 3. The van der Waals surface area contributed by atoms with Crippen LogP contribution in [0.4, 0.5) is 0 Å². The van der Waals surface area contributed by atoms with Crippen molar-refractivity contribution in [2.45, 2.75) is 91.0 Å². The summed E-state index contributed by atoms with van der Waals surface area (Å²) in [4.78, 5) is 24.8. The molecule has 2 aromatic rings. The van der Waals surface area contributed by atoms with Crippen molar-refractivity contribution in [3.05, 3.63) is 46.5 Å². The largest absolute Gasteiger partial charge is 0.370 e. The van der Waals surface area contributed by atoms with Gasteiger partial charge in [0.2, 0.25) is 5.91 Å². The first kappa shape index (κ1) is 23.2. The normalized spacial score (nSPS) is 14.7. The summed E-state index contributed by atoms with van der Waals surface area (Å²) in [5.41, 5.74) is 8.89. The summed E-state index contributed by atoms with van der Waals surface area (Å²) in [5, 5.41) is 8.94. The van der Waals surface area contributed by atoms with E-state index in [2.05, 4.69) is 34.7 Å². The lowest BCUT2D eigenvalue weighted by Gasteiger charge is -2.17. The third-order valence-electron chi connectivity index (χ3n) is 6.06. The molecule has 2 N–H and O–H groups in total. The first-order valence-electron chi connectivity index (χ1n) is 11.5. The van der Waals surface area contributed by atoms with Crippen molar-refractivity contribution < 1.29 is 9.59 Å². The van der Waals surface area contributed by atoms with Gasteiger partial charge in [-0.1, -0.05) is 44.0 Å². The first-order chi connectivity index (χ1) is 14.7. The van der Waals surface area contributed by atoms with Crippen LogP contribution < -0.4 is 5.73 Å². The Labute approximate surface area is 185 Å². The molecule has 1 aliphatic rings. The number of hydrogen-bond acceptors (Lipinski definition) is 4. The number of amides is 1. The number of rotatable bonds is 12. The predicted molar refractivity (Wildman–Crippen MR) is 122 cm³/mol. The SMILES string of the molecule is Cc1ccc(CC(=O)CC(CC(N)=O)c2nnc(CCCC(C)C)n2C2CC2)c(C)c1. The van der Waals surface area contributed by atoms with Crippen molar-refractivity contribution in [1.29, 1.82) is 0 Å². The maximum Gasteiger partial charge on any atom is 0.218 e. The van der Waals surface area contributed by atoms with Gasteiger partial charge in [-0.3, -0.25) is 9.59 Å². The highest BCUT2D eigenvalue weighted by Gasteiger charge is 2.33. The van der Waals surface area contributed by atoms with Crippen LogP contribution in [0, 0.1) is 19.8 Å². The van der Waals surface area contributed by atoms with Gasteiger partial charge in [-0.2, -0.15) is 0 Å². The molecule has 6 nitrogen and oxygen atoms in total. The van der Waals surface area contributed by atoms with Crippen LogP contribution in [0.5, 0.6) is 0 Å². The standard InChI is InChI=1S/C25H36N4O2/c1-16(2)6-5-7-24-27-28-25(29(24)21-10-11-21)20(15-23(26)31)14-22(30)13-19-9-8-17(3)12-18(19)4/h8-9,12,16,20-21H,5-7,10-11,13-15H2,1-4H3,(H2,26,31). The fourth-order valence-electron chi connectivity index (χ4n) is 4.29. The highest BCUT2D eigenvalue weighted by Crippen LogP contribution is 2.39. The van der Waals surface area contributed by atoms with Gasteiger partial charge in [0.15, 0.2) is 0 Å². The molecule has 1 aliphatic carbocycles. The summed E-state index contributed by atoms with van der Waals surface area (Å²) in [6.07, 6.45) is 6.02. The number of primary amides is 1. The summed E-state index contributed by atoms with van der Waals surface area (Å²) in [5.74, 6) is 1.77. The van der Waals surface area contributed by atoms with E-state index in [-0.39, 0.29) is 24.5 Å². The second-order valence-corrected chi connectivity index (χ2v) is 9.58. The van der Waals surface area contributed by atoms with Crippen LogP contribution in [0.1, 0.15) is 92.7 Å². The topological polar surface area (TPSA) is 90.9 Å². The van der Waals surface area contributed by atoms with Crippen LogP contribution in [-0.2, 0) is 22.4 Å². The van der Waals surface area contributed by atoms with Gasteiger partial charge in [-0.25, -0.2) is 0 Å². The van der Waals surface area contributed by atoms with Crippen LogP contribution in [0.15, 0.2) is 18.2 Å². The molecule has 0 spiro atoms. The lowest BCUT2D eigenvalue weighted by molar-refractivity contribution is -0.120. The zero-order valence-electron chi connectivity index (χ0n) is 19.4. The van der Waals surface area contributed by atoms with E-state index >= 15 is 0 Å². The van der Waals surface area contributed by atoms with Gasteiger partial charge in [-0.15, -0.1) is 10.2 Å². The third-order valence-corrected chi connectivity index (χ3v) is 6.06. The number of carbonyl (C=O) groups is 2. The average molecular weight is 425 g/mol. The van der Waals surface area contributed by atoms with Gasteiger partial charge in [0.05, 0.1) is 0 Å². The van der Waals surface area contributed by atoms with E-state index in [0.29, 0.717) is 18.4 Å². The fourth-order valence-corrected chi connectivity index (χ4v) is 4.29. The molecule has 0 saturated heterocycles. The predicted octanol–water partition coefficient (Wildman–Crippen LogP) is 4.37. The number of benzene rings is 1. The van der Waals surface area contributed by atoms with Gasteiger partial charge < -0.3 is 10.3 Å². The van der Waals surface area contributed by atoms with E-state index in [1.807, 2.05) is 26.0 Å². The molecule has 168 valence electrons. The number of hydrogen-bond donors (Lipinski definition) is 1. The number of nitrogens with zero attached hydrogens (tertiary/aromatic N) is 3. The maximum absolute atomic E-state index is 13.0. The van der Waals surface area contributed by atoms with Crippen LogP contribution in [0.25, 0.3) is 0 Å². The van der Waals surface area contributed by atoms with Gasteiger partial charge in [-0.05, 0) is 50.2 Å². The molecule has 1 amide bonds. The molecular formula is C25H36N4O2. The molecule has 1 aromatic heterocycles. The van der Waals surface area contributed by atoms with E-state index in [1.165, 1.54) is 5.56 Å². The van der Waals surface area contributed by atoms with Crippen LogP contribution in [0.3, 0.4) is 0 Å². The zero-order chi connectivity index (χ0) is 22.5. The molecule has 0 aliphatic heterocycles. The number of Topliss-reactive ketones (excluding diaryl/α,β-unsaturated/α-hetero) is 1. The van der Waals surface area contributed by atoms with Crippen LogP contribution >= 0.6 is 0 Å². The highest BCUT2D eigenvalue weighted by atomic mass is 16.1. The molecule has 0 bridgehead atoms. The molecule has 1 atom stereocenters. The molecule has 31 heavy (non-hydrogen) atoms. The molecule has 1 fully saturated rings. The van der Waals surface area contributed by atoms with Gasteiger partial charge in [0, 0.05) is 37.6 Å². The van der Waals surface area contributed by atoms with E-state index in [0.717, 1.165) is 54.9 Å². The molecule has 1 heterocycles.